The van der Waals surface area contributed by atoms with Crippen molar-refractivity contribution in [3.8, 4) is 5.75 Å². The second-order valence-electron chi connectivity index (χ2n) is 8.43. The highest BCUT2D eigenvalue weighted by Crippen LogP contribution is 2.33. The average molecular weight is 465 g/mol. The molecule has 0 aromatic heterocycles. The van der Waals surface area contributed by atoms with Gasteiger partial charge < -0.3 is 19.0 Å². The second kappa shape index (κ2) is 13.5. The first-order valence-corrected chi connectivity index (χ1v) is 11.7. The van der Waals surface area contributed by atoms with Crippen LogP contribution in [-0.4, -0.2) is 31.3 Å². The molecular formula is C28H32O6. The fourth-order valence-corrected chi connectivity index (χ4v) is 4.06. The van der Waals surface area contributed by atoms with E-state index in [0.29, 0.717) is 32.3 Å². The Labute approximate surface area is 200 Å². The maximum Gasteiger partial charge on any atom is 0.306 e. The molecule has 0 saturated heterocycles. The number of allylic oxidation sites excluding steroid dienone is 2. The zero-order chi connectivity index (χ0) is 24.2. The van der Waals surface area contributed by atoms with E-state index in [2.05, 4.69) is 0 Å². The minimum atomic E-state index is -0.441. The Balaban J connectivity index is 1.36. The molecule has 0 aliphatic heterocycles. The van der Waals surface area contributed by atoms with E-state index < -0.39 is 12.0 Å². The smallest absolute Gasteiger partial charge is 0.306 e. The van der Waals surface area contributed by atoms with Crippen molar-refractivity contribution in [1.29, 1.82) is 0 Å². The normalized spacial score (nSPS) is 19.9. The highest BCUT2D eigenvalue weighted by molar-refractivity contribution is 5.88. The lowest BCUT2D eigenvalue weighted by atomic mass is 9.92. The summed E-state index contributed by atoms with van der Waals surface area (Å²) in [5.41, 5.74) is 1.93. The van der Waals surface area contributed by atoms with E-state index >= 15 is 0 Å². The number of aldehydes is 1. The summed E-state index contributed by atoms with van der Waals surface area (Å²) < 4.78 is 16.3. The number of ketones is 1. The van der Waals surface area contributed by atoms with Gasteiger partial charge in [-0.05, 0) is 42.5 Å². The van der Waals surface area contributed by atoms with E-state index in [-0.39, 0.29) is 30.7 Å². The molecule has 1 saturated carbocycles. The molecule has 0 spiro atoms. The van der Waals surface area contributed by atoms with E-state index in [1.165, 1.54) is 0 Å². The molecular weight excluding hydrogens is 432 g/mol. The topological polar surface area (TPSA) is 78.9 Å². The molecule has 34 heavy (non-hydrogen) atoms. The van der Waals surface area contributed by atoms with E-state index in [0.717, 1.165) is 23.2 Å². The number of unbranched alkanes of at least 4 members (excludes halogenated alkanes) is 1. The monoisotopic (exact) mass is 464 g/mol. The van der Waals surface area contributed by atoms with Gasteiger partial charge in [-0.1, -0.05) is 54.6 Å². The van der Waals surface area contributed by atoms with Crippen LogP contribution in [0.1, 0.15) is 43.2 Å². The SMILES string of the molecule is COc1ccc(CO[C@@H]2CC(=O)[C@H](C/C=C\CCCC(=O)OCc3ccccc3)[C@H]2C=O)cc1. The number of benzene rings is 2. The van der Waals surface area contributed by atoms with Gasteiger partial charge in [-0.2, -0.15) is 0 Å². The quantitative estimate of drug-likeness (QED) is 0.183. The highest BCUT2D eigenvalue weighted by atomic mass is 16.5. The molecule has 1 aliphatic rings. The third kappa shape index (κ3) is 7.66. The molecule has 6 heteroatoms. The number of hydrogen-bond acceptors (Lipinski definition) is 6. The van der Waals surface area contributed by atoms with Gasteiger partial charge >= 0.3 is 5.97 Å². The summed E-state index contributed by atoms with van der Waals surface area (Å²) in [7, 11) is 1.61. The van der Waals surface area contributed by atoms with E-state index in [4.69, 9.17) is 14.2 Å². The van der Waals surface area contributed by atoms with Crippen LogP contribution in [0, 0.1) is 11.8 Å². The van der Waals surface area contributed by atoms with Gasteiger partial charge in [0.1, 0.15) is 24.4 Å². The zero-order valence-corrected chi connectivity index (χ0v) is 19.6. The van der Waals surface area contributed by atoms with E-state index in [1.54, 1.807) is 7.11 Å². The predicted octanol–water partition coefficient (Wildman–Crippen LogP) is 4.84. The maximum absolute atomic E-state index is 12.5. The Morgan fingerprint density at radius 2 is 1.74 bits per heavy atom. The number of hydrogen-bond donors (Lipinski definition) is 0. The van der Waals surface area contributed by atoms with Gasteiger partial charge in [0.2, 0.25) is 0 Å². The van der Waals surface area contributed by atoms with Gasteiger partial charge in [-0.25, -0.2) is 0 Å². The Kier molecular flexibility index (Phi) is 10.0. The third-order valence-corrected chi connectivity index (χ3v) is 6.04. The van der Waals surface area contributed by atoms with Crippen LogP contribution in [0.15, 0.2) is 66.7 Å². The molecule has 180 valence electrons. The van der Waals surface area contributed by atoms with Crippen molar-refractivity contribution in [2.24, 2.45) is 11.8 Å². The first-order chi connectivity index (χ1) is 16.6. The Morgan fingerprint density at radius 1 is 1.00 bits per heavy atom. The van der Waals surface area contributed by atoms with Gasteiger partial charge in [0, 0.05) is 18.8 Å². The zero-order valence-electron chi connectivity index (χ0n) is 19.6. The van der Waals surface area contributed by atoms with Crippen LogP contribution in [0.4, 0.5) is 0 Å². The summed E-state index contributed by atoms with van der Waals surface area (Å²) in [4.78, 5) is 36.1. The Morgan fingerprint density at radius 3 is 2.44 bits per heavy atom. The summed E-state index contributed by atoms with van der Waals surface area (Å²) >= 11 is 0. The molecule has 3 atom stereocenters. The molecule has 2 aromatic rings. The van der Waals surface area contributed by atoms with Crippen LogP contribution in [0.25, 0.3) is 0 Å². The minimum Gasteiger partial charge on any atom is -0.497 e. The molecule has 2 aromatic carbocycles. The lowest BCUT2D eigenvalue weighted by molar-refractivity contribution is -0.145. The number of carbonyl (C=O) groups excluding carboxylic acids is 3. The molecule has 1 aliphatic carbocycles. The van der Waals surface area contributed by atoms with Crippen molar-refractivity contribution < 1.29 is 28.6 Å². The van der Waals surface area contributed by atoms with Crippen LogP contribution < -0.4 is 4.74 Å². The molecule has 0 amide bonds. The predicted molar refractivity (Wildman–Crippen MR) is 128 cm³/mol. The summed E-state index contributed by atoms with van der Waals surface area (Å²) in [6.45, 7) is 0.628. The van der Waals surface area contributed by atoms with Crippen LogP contribution >= 0.6 is 0 Å². The standard InChI is InChI=1S/C28H32O6/c1-32-23-15-13-22(14-16-23)19-33-27-17-26(30)24(25(27)18-29)11-7-2-3-8-12-28(31)34-20-21-9-5-4-6-10-21/h2,4-7,9-10,13-16,18,24-25,27H,3,8,11-12,17,19-20H2,1H3/b7-2-/t24-,25-,27-/m1/s1. The molecule has 0 bridgehead atoms. The Hall–Kier alpha value is -3.25. The third-order valence-electron chi connectivity index (χ3n) is 6.04. The molecule has 0 heterocycles. The molecule has 0 unspecified atom stereocenters. The van der Waals surface area contributed by atoms with Crippen molar-refractivity contribution in [3.63, 3.8) is 0 Å². The average Bonchev–Trinajstić information content (AvgIpc) is 3.18. The highest BCUT2D eigenvalue weighted by Gasteiger charge is 2.42. The molecule has 3 rings (SSSR count). The molecule has 0 radical (unpaired) electrons. The molecule has 0 N–H and O–H groups in total. The lowest BCUT2D eigenvalue weighted by Gasteiger charge is -2.18. The van der Waals surface area contributed by atoms with Crippen LogP contribution in [0.2, 0.25) is 0 Å². The van der Waals surface area contributed by atoms with Gasteiger partial charge in [0.25, 0.3) is 0 Å². The van der Waals surface area contributed by atoms with Gasteiger partial charge in [-0.3, -0.25) is 9.59 Å². The van der Waals surface area contributed by atoms with Crippen LogP contribution in [0.3, 0.4) is 0 Å². The minimum absolute atomic E-state index is 0.0611. The first-order valence-electron chi connectivity index (χ1n) is 11.7. The van der Waals surface area contributed by atoms with Crippen molar-refractivity contribution in [1.82, 2.24) is 0 Å². The lowest BCUT2D eigenvalue weighted by Crippen LogP contribution is -2.24. The first kappa shape index (κ1) is 25.4. The van der Waals surface area contributed by atoms with Crippen LogP contribution in [0.5, 0.6) is 5.75 Å². The molecule has 1 fully saturated rings. The Bertz CT molecular complexity index is 951. The summed E-state index contributed by atoms with van der Waals surface area (Å²) in [5.74, 6) is -0.192. The van der Waals surface area contributed by atoms with Crippen molar-refractivity contribution in [2.75, 3.05) is 7.11 Å². The number of rotatable bonds is 13. The maximum atomic E-state index is 12.5. The van der Waals surface area contributed by atoms with E-state index in [9.17, 15) is 14.4 Å². The number of Topliss-reactive ketones (excluding diaryl/α,β-unsaturated/α-hetero) is 1. The summed E-state index contributed by atoms with van der Waals surface area (Å²) in [6.07, 6.45) is 6.84. The summed E-state index contributed by atoms with van der Waals surface area (Å²) in [6, 6.07) is 17.1. The summed E-state index contributed by atoms with van der Waals surface area (Å²) in [5, 5.41) is 0. The van der Waals surface area contributed by atoms with Crippen molar-refractivity contribution in [2.45, 2.75) is 51.4 Å². The van der Waals surface area contributed by atoms with Crippen LogP contribution in [-0.2, 0) is 37.1 Å². The number of methoxy groups -OCH3 is 1. The largest absolute Gasteiger partial charge is 0.497 e. The number of esters is 1. The van der Waals surface area contributed by atoms with Crippen molar-refractivity contribution >= 4 is 18.0 Å². The van der Waals surface area contributed by atoms with Gasteiger partial charge in [-0.15, -0.1) is 0 Å². The van der Waals surface area contributed by atoms with Crippen molar-refractivity contribution in [3.05, 3.63) is 77.9 Å². The van der Waals surface area contributed by atoms with E-state index in [1.807, 2.05) is 66.7 Å². The number of ether oxygens (including phenoxy) is 3. The fraction of sp³-hybridized carbons (Fsp3) is 0.393. The molecule has 6 nitrogen and oxygen atoms in total. The number of carbonyl (C=O) groups is 3. The second-order valence-corrected chi connectivity index (χ2v) is 8.43. The van der Waals surface area contributed by atoms with Gasteiger partial charge in [0.05, 0.1) is 25.7 Å². The fourth-order valence-electron chi connectivity index (χ4n) is 4.06. The van der Waals surface area contributed by atoms with Gasteiger partial charge in [0.15, 0.2) is 0 Å².